The fraction of sp³-hybridized carbons (Fsp3) is 0.889. The van der Waals surface area contributed by atoms with Crippen molar-refractivity contribution in [2.75, 3.05) is 13.1 Å². The van der Waals surface area contributed by atoms with E-state index in [1.54, 1.807) is 6.92 Å². The van der Waals surface area contributed by atoms with Gasteiger partial charge >= 0.3 is 5.97 Å². The van der Waals surface area contributed by atoms with Crippen LogP contribution in [0.5, 0.6) is 0 Å². The summed E-state index contributed by atoms with van der Waals surface area (Å²) in [5.41, 5.74) is 10.6. The molecule has 0 spiro atoms. The molecule has 0 aliphatic rings. The molecule has 0 fully saturated rings. The Morgan fingerprint density at radius 1 is 1.08 bits per heavy atom. The van der Waals surface area contributed by atoms with Gasteiger partial charge in [0.2, 0.25) is 0 Å². The zero-order valence-corrected chi connectivity index (χ0v) is 8.46. The highest BCUT2D eigenvalue weighted by atomic mass is 16.4. The second-order valence-electron chi connectivity index (χ2n) is 2.74. The summed E-state index contributed by atoms with van der Waals surface area (Å²) in [5.74, 6) is -0.745. The Morgan fingerprint density at radius 3 is 1.54 bits per heavy atom. The number of carboxylic acid groups (broad SMARTS) is 1. The highest BCUT2D eigenvalue weighted by molar-refractivity contribution is 5.66. The van der Waals surface area contributed by atoms with Crippen molar-refractivity contribution in [3.63, 3.8) is 0 Å². The monoisotopic (exact) mass is 190 g/mol. The lowest BCUT2D eigenvalue weighted by molar-refractivity contribution is -0.136. The minimum Gasteiger partial charge on any atom is -0.481 e. The smallest absolute Gasteiger partial charge is 0.303 e. The molecule has 0 saturated heterocycles. The van der Waals surface area contributed by atoms with E-state index in [9.17, 15) is 4.79 Å². The summed E-state index contributed by atoms with van der Waals surface area (Å²) >= 11 is 0. The number of rotatable bonds is 6. The molecule has 0 rings (SSSR count). The Labute approximate surface area is 80.3 Å². The number of carboxylic acids is 1. The lowest BCUT2D eigenvalue weighted by Crippen LogP contribution is -2.00. The predicted molar refractivity (Wildman–Crippen MR) is 54.5 cm³/mol. The van der Waals surface area contributed by atoms with Crippen LogP contribution >= 0.6 is 0 Å². The third kappa shape index (κ3) is 24.6. The van der Waals surface area contributed by atoms with Gasteiger partial charge in [0.25, 0.3) is 0 Å². The van der Waals surface area contributed by atoms with Crippen LogP contribution in [0.2, 0.25) is 0 Å². The van der Waals surface area contributed by atoms with E-state index in [1.807, 2.05) is 0 Å². The number of nitrogens with two attached hydrogens (primary N) is 2. The lowest BCUT2D eigenvalue weighted by atomic mass is 10.2. The van der Waals surface area contributed by atoms with Crippen LogP contribution in [-0.4, -0.2) is 24.2 Å². The van der Waals surface area contributed by atoms with Crippen LogP contribution in [0.4, 0.5) is 0 Å². The van der Waals surface area contributed by atoms with Crippen LogP contribution in [-0.2, 0) is 4.79 Å². The van der Waals surface area contributed by atoms with E-state index < -0.39 is 5.97 Å². The molecule has 0 atom stereocenters. The molecule has 0 aromatic carbocycles. The molecule has 0 aromatic rings. The van der Waals surface area contributed by atoms with Gasteiger partial charge in [-0.2, -0.15) is 0 Å². The molecule has 0 aromatic heterocycles. The van der Waals surface area contributed by atoms with Gasteiger partial charge in [-0.25, -0.2) is 0 Å². The molecule has 13 heavy (non-hydrogen) atoms. The quantitative estimate of drug-likeness (QED) is 0.544. The fourth-order valence-electron chi connectivity index (χ4n) is 0.642. The summed E-state index contributed by atoms with van der Waals surface area (Å²) in [5, 5.41) is 7.72. The van der Waals surface area contributed by atoms with Gasteiger partial charge in [0.1, 0.15) is 0 Å². The molecular formula is C9H22N2O2. The van der Waals surface area contributed by atoms with Gasteiger partial charge in [-0.05, 0) is 25.9 Å². The average Bonchev–Trinajstić information content (AvgIpc) is 2.14. The van der Waals surface area contributed by atoms with E-state index in [-0.39, 0.29) is 6.42 Å². The molecule has 0 bridgehead atoms. The summed E-state index contributed by atoms with van der Waals surface area (Å²) in [6.45, 7) is 3.25. The van der Waals surface area contributed by atoms with Gasteiger partial charge in [-0.1, -0.05) is 19.8 Å². The van der Waals surface area contributed by atoms with Crippen LogP contribution in [0.1, 0.15) is 39.0 Å². The maximum atomic E-state index is 9.37. The van der Waals surface area contributed by atoms with Gasteiger partial charge in [0.05, 0.1) is 0 Å². The van der Waals surface area contributed by atoms with Gasteiger partial charge in [-0.3, -0.25) is 4.79 Å². The maximum Gasteiger partial charge on any atom is 0.303 e. The molecular weight excluding hydrogens is 168 g/mol. The Morgan fingerprint density at radius 2 is 1.38 bits per heavy atom. The zero-order valence-electron chi connectivity index (χ0n) is 8.46. The Hall–Kier alpha value is -0.610. The van der Waals surface area contributed by atoms with Gasteiger partial charge in [-0.15, -0.1) is 0 Å². The molecule has 0 amide bonds. The number of hydrogen-bond acceptors (Lipinski definition) is 3. The summed E-state index contributed by atoms with van der Waals surface area (Å²) < 4.78 is 0. The zero-order chi connectivity index (χ0) is 10.5. The van der Waals surface area contributed by atoms with E-state index in [0.29, 0.717) is 0 Å². The minimum absolute atomic E-state index is 0.222. The first-order valence-corrected chi connectivity index (χ1v) is 4.80. The molecule has 4 nitrogen and oxygen atoms in total. The third-order valence-electron chi connectivity index (χ3n) is 1.46. The SMILES string of the molecule is CCC(=O)O.NCCCCCCN. The highest BCUT2D eigenvalue weighted by Gasteiger charge is 1.83. The van der Waals surface area contributed by atoms with Crippen molar-refractivity contribution in [1.29, 1.82) is 0 Å². The first-order valence-electron chi connectivity index (χ1n) is 4.80. The first kappa shape index (κ1) is 14.9. The van der Waals surface area contributed by atoms with Gasteiger partial charge < -0.3 is 16.6 Å². The number of carbonyl (C=O) groups is 1. The normalized spacial score (nSPS) is 8.85. The second-order valence-corrected chi connectivity index (χ2v) is 2.74. The summed E-state index contributed by atoms with van der Waals surface area (Å²) in [6, 6.07) is 0. The molecule has 0 radical (unpaired) electrons. The molecule has 0 aliphatic carbocycles. The number of aliphatic carboxylic acids is 1. The van der Waals surface area contributed by atoms with Crippen LogP contribution < -0.4 is 11.5 Å². The van der Waals surface area contributed by atoms with Crippen molar-refractivity contribution in [1.82, 2.24) is 0 Å². The summed E-state index contributed by atoms with van der Waals surface area (Å²) in [7, 11) is 0. The van der Waals surface area contributed by atoms with Crippen molar-refractivity contribution < 1.29 is 9.90 Å². The van der Waals surface area contributed by atoms with Crippen molar-refractivity contribution in [2.45, 2.75) is 39.0 Å². The van der Waals surface area contributed by atoms with Crippen molar-refractivity contribution in [3.8, 4) is 0 Å². The van der Waals surface area contributed by atoms with E-state index >= 15 is 0 Å². The van der Waals surface area contributed by atoms with E-state index in [4.69, 9.17) is 16.6 Å². The Balaban J connectivity index is 0. The molecule has 5 N–H and O–H groups in total. The van der Waals surface area contributed by atoms with Gasteiger partial charge in [0, 0.05) is 6.42 Å². The summed E-state index contributed by atoms with van der Waals surface area (Å²) in [4.78, 5) is 9.37. The van der Waals surface area contributed by atoms with Crippen molar-refractivity contribution in [2.24, 2.45) is 11.5 Å². The molecule has 0 unspecified atom stereocenters. The van der Waals surface area contributed by atoms with Crippen molar-refractivity contribution in [3.05, 3.63) is 0 Å². The standard InChI is InChI=1S/C6H16N2.C3H6O2/c7-5-3-1-2-4-6-8;1-2-3(4)5/h1-8H2;2H2,1H3,(H,4,5). The molecule has 80 valence electrons. The van der Waals surface area contributed by atoms with E-state index in [1.165, 1.54) is 12.8 Å². The lowest BCUT2D eigenvalue weighted by Gasteiger charge is -1.94. The second kappa shape index (κ2) is 13.9. The fourth-order valence-corrected chi connectivity index (χ4v) is 0.642. The maximum absolute atomic E-state index is 9.37. The molecule has 0 heterocycles. The largest absolute Gasteiger partial charge is 0.481 e. The van der Waals surface area contributed by atoms with Gasteiger partial charge in [0.15, 0.2) is 0 Å². The van der Waals surface area contributed by atoms with Crippen LogP contribution in [0.3, 0.4) is 0 Å². The Bertz CT molecular complexity index is 102. The number of hydrogen-bond donors (Lipinski definition) is 3. The first-order chi connectivity index (χ1) is 6.18. The highest BCUT2D eigenvalue weighted by Crippen LogP contribution is 1.95. The third-order valence-corrected chi connectivity index (χ3v) is 1.46. The van der Waals surface area contributed by atoms with Crippen LogP contribution in [0, 0.1) is 0 Å². The number of unbranched alkanes of at least 4 members (excludes halogenated alkanes) is 3. The van der Waals surface area contributed by atoms with Crippen LogP contribution in [0.25, 0.3) is 0 Å². The predicted octanol–water partition coefficient (Wildman–Crippen LogP) is 0.945. The van der Waals surface area contributed by atoms with E-state index in [2.05, 4.69) is 0 Å². The molecule has 4 heteroatoms. The summed E-state index contributed by atoms with van der Waals surface area (Å²) in [6.07, 6.45) is 5.02. The molecule has 0 aliphatic heterocycles. The van der Waals surface area contributed by atoms with Crippen molar-refractivity contribution >= 4 is 5.97 Å². The Kier molecular flexibility index (Phi) is 16.0. The minimum atomic E-state index is -0.745. The van der Waals surface area contributed by atoms with Crippen LogP contribution in [0.15, 0.2) is 0 Å². The average molecular weight is 190 g/mol. The topological polar surface area (TPSA) is 89.3 Å². The molecule has 0 saturated carbocycles. The van der Waals surface area contributed by atoms with E-state index in [0.717, 1.165) is 25.9 Å².